The first kappa shape index (κ1) is 22.1. The van der Waals surface area contributed by atoms with Gasteiger partial charge in [-0.1, -0.05) is 43.1 Å². The molecular weight excluding hydrogens is 435 g/mol. The number of allylic oxidation sites excluding steroid dienone is 2. The number of rotatable bonds is 6. The maximum Gasteiger partial charge on any atom is 0.335 e. The van der Waals surface area contributed by atoms with Gasteiger partial charge in [-0.15, -0.1) is 0 Å². The number of hydrogen-bond acceptors (Lipinski definition) is 4. The molecule has 2 aliphatic heterocycles. The van der Waals surface area contributed by atoms with Gasteiger partial charge in [-0.25, -0.2) is 19.0 Å². The topological polar surface area (TPSA) is 64.6 Å². The maximum atomic E-state index is 15.1. The molecule has 158 valence electrons. The zero-order chi connectivity index (χ0) is 22.0. The van der Waals surface area contributed by atoms with Crippen molar-refractivity contribution in [2.24, 2.45) is 0 Å². The Morgan fingerprint density at radius 1 is 1.37 bits per heavy atom. The minimum atomic E-state index is -1.10. The van der Waals surface area contributed by atoms with Crippen LogP contribution in [0.4, 0.5) is 8.78 Å². The van der Waals surface area contributed by atoms with E-state index in [2.05, 4.69) is 17.4 Å². The fourth-order valence-electron chi connectivity index (χ4n) is 3.26. The number of carboxylic acids is 1. The van der Waals surface area contributed by atoms with Gasteiger partial charge in [-0.3, -0.25) is 0 Å². The van der Waals surface area contributed by atoms with E-state index in [4.69, 9.17) is 28.3 Å². The van der Waals surface area contributed by atoms with Crippen LogP contribution in [0.15, 0.2) is 59.7 Å². The largest absolute Gasteiger partial charge is 0.478 e. The lowest BCUT2D eigenvalue weighted by Crippen LogP contribution is -2.27. The van der Waals surface area contributed by atoms with Crippen LogP contribution in [0, 0.1) is 11.6 Å². The fourth-order valence-corrected chi connectivity index (χ4v) is 3.86. The molecule has 2 heterocycles. The van der Waals surface area contributed by atoms with E-state index in [1.807, 2.05) is 6.92 Å². The molecule has 3 rings (SSSR count). The van der Waals surface area contributed by atoms with Crippen molar-refractivity contribution < 1.29 is 18.7 Å². The summed E-state index contributed by atoms with van der Waals surface area (Å²) in [7, 11) is 0. The Morgan fingerprint density at radius 2 is 2.10 bits per heavy atom. The van der Waals surface area contributed by atoms with Gasteiger partial charge in [-0.2, -0.15) is 0 Å². The van der Waals surface area contributed by atoms with Crippen molar-refractivity contribution >= 4 is 40.3 Å². The van der Waals surface area contributed by atoms with Crippen LogP contribution in [-0.2, 0) is 4.79 Å². The number of carboxylic acid groups (broad SMARTS) is 1. The van der Waals surface area contributed by atoms with Gasteiger partial charge in [0.05, 0.1) is 5.57 Å². The molecule has 5 nitrogen and oxygen atoms in total. The molecule has 1 atom stereocenters. The van der Waals surface area contributed by atoms with Crippen LogP contribution in [0.1, 0.15) is 30.9 Å². The van der Waals surface area contributed by atoms with Crippen molar-refractivity contribution in [2.75, 3.05) is 0 Å². The summed E-state index contributed by atoms with van der Waals surface area (Å²) in [6.45, 7) is 5.74. The normalized spacial score (nSPS) is 19.3. The second kappa shape index (κ2) is 9.04. The summed E-state index contributed by atoms with van der Waals surface area (Å²) < 4.78 is 29.1. The van der Waals surface area contributed by atoms with E-state index in [1.54, 1.807) is 0 Å². The molecule has 0 bridgehead atoms. The lowest BCUT2D eigenvalue weighted by Gasteiger charge is -2.27. The Morgan fingerprint density at radius 3 is 2.67 bits per heavy atom. The molecule has 30 heavy (non-hydrogen) atoms. The third-order valence-electron chi connectivity index (χ3n) is 4.62. The first-order chi connectivity index (χ1) is 14.2. The van der Waals surface area contributed by atoms with Gasteiger partial charge < -0.3 is 15.4 Å². The highest BCUT2D eigenvalue weighted by molar-refractivity contribution is 6.33. The molecule has 0 saturated carbocycles. The number of hydrogen-bond donors (Lipinski definition) is 3. The highest BCUT2D eigenvalue weighted by Crippen LogP contribution is 2.39. The first-order valence-electron chi connectivity index (χ1n) is 9.09. The second-order valence-electron chi connectivity index (χ2n) is 6.66. The van der Waals surface area contributed by atoms with Gasteiger partial charge >= 0.3 is 5.97 Å². The molecule has 0 saturated heterocycles. The average Bonchev–Trinajstić information content (AvgIpc) is 3.11. The molecule has 0 aromatic heterocycles. The Labute approximate surface area is 182 Å². The molecule has 1 aromatic carbocycles. The summed E-state index contributed by atoms with van der Waals surface area (Å²) in [6, 6.07) is 2.00. The van der Waals surface area contributed by atoms with Gasteiger partial charge in [0.1, 0.15) is 22.3 Å². The van der Waals surface area contributed by atoms with Crippen molar-refractivity contribution in [3.05, 3.63) is 82.5 Å². The summed E-state index contributed by atoms with van der Waals surface area (Å²) >= 11 is 12.9. The number of halogens is 4. The number of nitrogens with zero attached hydrogens (tertiary/aromatic N) is 1. The molecule has 0 fully saturated rings. The zero-order valence-electron chi connectivity index (χ0n) is 16.0. The minimum Gasteiger partial charge on any atom is -0.478 e. The Hall–Kier alpha value is -2.61. The fraction of sp³-hybridized carbons (Fsp3) is 0.190. The predicted octanol–water partition coefficient (Wildman–Crippen LogP) is 5.04. The lowest BCUT2D eigenvalue weighted by molar-refractivity contribution is -0.132. The van der Waals surface area contributed by atoms with Gasteiger partial charge in [0.15, 0.2) is 0 Å². The smallest absolute Gasteiger partial charge is 0.335 e. The molecule has 0 amide bonds. The van der Waals surface area contributed by atoms with Crippen LogP contribution in [0.2, 0.25) is 0 Å². The molecule has 1 aromatic rings. The molecule has 3 N–H and O–H groups in total. The summed E-state index contributed by atoms with van der Waals surface area (Å²) in [5.41, 5.74) is 6.41. The van der Waals surface area contributed by atoms with E-state index < -0.39 is 23.1 Å². The maximum absolute atomic E-state index is 15.1. The Kier molecular flexibility index (Phi) is 6.65. The second-order valence-corrected chi connectivity index (χ2v) is 7.46. The standard InChI is InChI=1S/C21H19Cl2F2N3O2/c1-3-4-14(20(23)28-6-5-12(21(29)30)7-11(28)2)18-15(8-13(24)9-17(18)25)16-10-26-27-19(16)22/h5-10,19,26-27H,2-4H2,1H3,(H,29,30)/b20-14+. The molecule has 0 aliphatic carbocycles. The van der Waals surface area contributed by atoms with Crippen molar-refractivity contribution in [3.8, 4) is 0 Å². The number of benzene rings is 1. The van der Waals surface area contributed by atoms with Crippen LogP contribution in [0.25, 0.3) is 11.1 Å². The van der Waals surface area contributed by atoms with E-state index in [1.165, 1.54) is 35.5 Å². The quantitative estimate of drug-likeness (QED) is 0.415. The van der Waals surface area contributed by atoms with E-state index in [9.17, 15) is 9.18 Å². The minimum absolute atomic E-state index is 0.0460. The molecule has 9 heteroatoms. The van der Waals surface area contributed by atoms with Crippen LogP contribution >= 0.6 is 23.2 Å². The number of carbonyl (C=O) groups is 1. The third kappa shape index (κ3) is 4.28. The molecule has 0 spiro atoms. The van der Waals surface area contributed by atoms with Crippen molar-refractivity contribution in [1.29, 1.82) is 0 Å². The molecule has 1 unspecified atom stereocenters. The van der Waals surface area contributed by atoms with Gasteiger partial charge in [0.25, 0.3) is 0 Å². The number of alkyl halides is 1. The number of aliphatic carboxylic acids is 1. The van der Waals surface area contributed by atoms with Gasteiger partial charge in [0, 0.05) is 35.3 Å². The lowest BCUT2D eigenvalue weighted by atomic mass is 9.92. The molecule has 0 radical (unpaired) electrons. The van der Waals surface area contributed by atoms with Crippen LogP contribution in [-0.4, -0.2) is 21.5 Å². The first-order valence-corrected chi connectivity index (χ1v) is 9.91. The number of nitrogens with one attached hydrogen (secondary N) is 2. The van der Waals surface area contributed by atoms with E-state index in [-0.39, 0.29) is 21.9 Å². The van der Waals surface area contributed by atoms with E-state index >= 15 is 4.39 Å². The van der Waals surface area contributed by atoms with Gasteiger partial charge in [0.2, 0.25) is 0 Å². The molecule has 2 aliphatic rings. The number of hydrazine groups is 1. The van der Waals surface area contributed by atoms with Crippen molar-refractivity contribution in [1.82, 2.24) is 15.8 Å². The Bertz CT molecular complexity index is 1030. The summed E-state index contributed by atoms with van der Waals surface area (Å²) in [4.78, 5) is 12.7. The highest BCUT2D eigenvalue weighted by atomic mass is 35.5. The average molecular weight is 454 g/mol. The van der Waals surface area contributed by atoms with Crippen LogP contribution in [0.5, 0.6) is 0 Å². The van der Waals surface area contributed by atoms with Gasteiger partial charge in [-0.05, 0) is 35.8 Å². The van der Waals surface area contributed by atoms with Crippen molar-refractivity contribution in [3.63, 3.8) is 0 Å². The highest BCUT2D eigenvalue weighted by Gasteiger charge is 2.27. The molecular formula is C21H19Cl2F2N3O2. The van der Waals surface area contributed by atoms with Crippen molar-refractivity contribution in [2.45, 2.75) is 25.3 Å². The van der Waals surface area contributed by atoms with Crippen LogP contribution in [0.3, 0.4) is 0 Å². The van der Waals surface area contributed by atoms with Crippen LogP contribution < -0.4 is 10.9 Å². The summed E-state index contributed by atoms with van der Waals surface area (Å²) in [5.74, 6) is -2.63. The van der Waals surface area contributed by atoms with E-state index in [0.29, 0.717) is 29.7 Å². The third-order valence-corrected chi connectivity index (χ3v) is 5.38. The SMILES string of the molecule is C=C1C=C(C(=O)O)C=CN1/C(Cl)=C(\CCC)c1c(F)cc(F)cc1C1=CNNC1Cl. The Balaban J connectivity index is 2.17. The summed E-state index contributed by atoms with van der Waals surface area (Å²) in [6.07, 6.45) is 6.72. The van der Waals surface area contributed by atoms with E-state index in [0.717, 1.165) is 6.07 Å². The zero-order valence-corrected chi connectivity index (χ0v) is 17.5. The predicted molar refractivity (Wildman–Crippen MR) is 114 cm³/mol. The monoisotopic (exact) mass is 453 g/mol. The summed E-state index contributed by atoms with van der Waals surface area (Å²) in [5, 5.41) is 9.29.